The van der Waals surface area contributed by atoms with E-state index < -0.39 is 0 Å². The molecule has 2 rings (SSSR count). The van der Waals surface area contributed by atoms with E-state index in [9.17, 15) is 0 Å². The number of benzene rings is 2. The van der Waals surface area contributed by atoms with Crippen LogP contribution in [0.5, 0.6) is 0 Å². The van der Waals surface area contributed by atoms with Gasteiger partial charge in [-0.1, -0.05) is 58.2 Å². The van der Waals surface area contributed by atoms with Crippen molar-refractivity contribution in [1.82, 2.24) is 0 Å². The van der Waals surface area contributed by atoms with E-state index in [-0.39, 0.29) is 6.04 Å². The lowest BCUT2D eigenvalue weighted by Gasteiger charge is -2.19. The topological polar surface area (TPSA) is 12.0 Å². The van der Waals surface area contributed by atoms with Crippen LogP contribution in [0.25, 0.3) is 0 Å². The third-order valence-corrected chi connectivity index (χ3v) is 4.15. The van der Waals surface area contributed by atoms with E-state index in [1.807, 2.05) is 24.3 Å². The molecule has 1 nitrogen and oxygen atoms in total. The van der Waals surface area contributed by atoms with E-state index in [1.165, 1.54) is 5.56 Å². The second-order valence-electron chi connectivity index (χ2n) is 4.29. The zero-order valence-electron chi connectivity index (χ0n) is 10.5. The summed E-state index contributed by atoms with van der Waals surface area (Å²) in [4.78, 5) is 0. The summed E-state index contributed by atoms with van der Waals surface area (Å²) in [7, 11) is 0. The van der Waals surface area contributed by atoms with Gasteiger partial charge in [0.25, 0.3) is 0 Å². The molecule has 0 saturated heterocycles. The van der Waals surface area contributed by atoms with Gasteiger partial charge in [-0.05, 0) is 42.3 Å². The summed E-state index contributed by atoms with van der Waals surface area (Å²) in [6.45, 7) is 2.15. The summed E-state index contributed by atoms with van der Waals surface area (Å²) in [5.41, 5.74) is 2.21. The van der Waals surface area contributed by atoms with Crippen molar-refractivity contribution in [3.8, 4) is 0 Å². The van der Waals surface area contributed by atoms with E-state index in [0.717, 1.165) is 16.6 Å². The van der Waals surface area contributed by atoms with Crippen molar-refractivity contribution in [1.29, 1.82) is 0 Å². The number of nitrogens with one attached hydrogen (secondary N) is 1. The maximum Gasteiger partial charge on any atom is 0.0612 e. The first-order valence-electron chi connectivity index (χ1n) is 6.07. The normalized spacial score (nSPS) is 12.2. The van der Waals surface area contributed by atoms with Crippen LogP contribution < -0.4 is 5.32 Å². The molecule has 0 radical (unpaired) electrons. The number of halogens is 3. The predicted octanol–water partition coefficient (Wildman–Crippen LogP) is 6.32. The van der Waals surface area contributed by atoms with Crippen LogP contribution in [-0.4, -0.2) is 0 Å². The molecule has 1 atom stereocenters. The highest BCUT2D eigenvalue weighted by atomic mass is 79.9. The SMILES string of the molecule is CCC(Nc1ccc(Cl)c(Cl)c1)c1cccc(Br)c1. The van der Waals surface area contributed by atoms with E-state index >= 15 is 0 Å². The molecule has 0 saturated carbocycles. The molecule has 1 unspecified atom stereocenters. The zero-order valence-corrected chi connectivity index (χ0v) is 13.6. The molecule has 0 fully saturated rings. The van der Waals surface area contributed by atoms with Gasteiger partial charge < -0.3 is 5.32 Å². The van der Waals surface area contributed by atoms with E-state index in [4.69, 9.17) is 23.2 Å². The minimum absolute atomic E-state index is 0.245. The lowest BCUT2D eigenvalue weighted by atomic mass is 10.0. The standard InChI is InChI=1S/C15H14BrCl2N/c1-2-15(10-4-3-5-11(16)8-10)19-12-6-7-13(17)14(18)9-12/h3-9,15,19H,2H2,1H3. The first-order valence-corrected chi connectivity index (χ1v) is 7.62. The van der Waals surface area contributed by atoms with Gasteiger partial charge in [0.1, 0.15) is 0 Å². The second kappa shape index (κ2) is 6.65. The highest BCUT2D eigenvalue weighted by Crippen LogP contribution is 2.29. The average Bonchev–Trinajstić information content (AvgIpc) is 2.40. The van der Waals surface area contributed by atoms with Crippen LogP contribution in [0.15, 0.2) is 46.9 Å². The highest BCUT2D eigenvalue weighted by molar-refractivity contribution is 9.10. The van der Waals surface area contributed by atoms with Gasteiger partial charge in [0.05, 0.1) is 16.1 Å². The third-order valence-electron chi connectivity index (χ3n) is 2.92. The number of anilines is 1. The van der Waals surface area contributed by atoms with Crippen molar-refractivity contribution in [2.45, 2.75) is 19.4 Å². The fourth-order valence-electron chi connectivity index (χ4n) is 1.93. The predicted molar refractivity (Wildman–Crippen MR) is 87.3 cm³/mol. The average molecular weight is 359 g/mol. The summed E-state index contributed by atoms with van der Waals surface area (Å²) in [6, 6.07) is 14.1. The molecule has 0 aliphatic carbocycles. The molecule has 1 N–H and O–H groups in total. The molecule has 4 heteroatoms. The van der Waals surface area contributed by atoms with Gasteiger partial charge in [0.2, 0.25) is 0 Å². The second-order valence-corrected chi connectivity index (χ2v) is 6.02. The Bertz CT molecular complexity index is 572. The first-order chi connectivity index (χ1) is 9.10. The van der Waals surface area contributed by atoms with E-state index in [2.05, 4.69) is 40.3 Å². The smallest absolute Gasteiger partial charge is 0.0612 e. The Morgan fingerprint density at radius 3 is 2.53 bits per heavy atom. The lowest BCUT2D eigenvalue weighted by molar-refractivity contribution is 0.749. The van der Waals surface area contributed by atoms with Crippen LogP contribution >= 0.6 is 39.1 Å². The number of hydrogen-bond donors (Lipinski definition) is 1. The minimum atomic E-state index is 0.245. The van der Waals surface area contributed by atoms with Crippen molar-refractivity contribution in [2.24, 2.45) is 0 Å². The van der Waals surface area contributed by atoms with Gasteiger partial charge in [-0.3, -0.25) is 0 Å². The van der Waals surface area contributed by atoms with Crippen LogP contribution in [0.1, 0.15) is 24.9 Å². The summed E-state index contributed by atoms with van der Waals surface area (Å²) >= 11 is 15.5. The van der Waals surface area contributed by atoms with Gasteiger partial charge >= 0.3 is 0 Å². The maximum absolute atomic E-state index is 6.03. The fraction of sp³-hybridized carbons (Fsp3) is 0.200. The van der Waals surface area contributed by atoms with Gasteiger partial charge in [-0.15, -0.1) is 0 Å². The molecule has 0 bridgehead atoms. The van der Waals surface area contributed by atoms with Gasteiger partial charge in [0.15, 0.2) is 0 Å². The molecular formula is C15H14BrCl2N. The van der Waals surface area contributed by atoms with Crippen molar-refractivity contribution in [3.05, 3.63) is 62.5 Å². The molecule has 0 aliphatic rings. The molecule has 100 valence electrons. The van der Waals surface area contributed by atoms with Crippen LogP contribution in [0.3, 0.4) is 0 Å². The highest BCUT2D eigenvalue weighted by Gasteiger charge is 2.10. The fourth-order valence-corrected chi connectivity index (χ4v) is 2.65. The van der Waals surface area contributed by atoms with Crippen molar-refractivity contribution >= 4 is 44.8 Å². The summed E-state index contributed by atoms with van der Waals surface area (Å²) < 4.78 is 1.08. The summed E-state index contributed by atoms with van der Waals surface area (Å²) in [6.07, 6.45) is 0.983. The molecule has 2 aromatic rings. The van der Waals surface area contributed by atoms with Crippen LogP contribution in [0.4, 0.5) is 5.69 Å². The Kier molecular flexibility index (Phi) is 5.14. The molecule has 19 heavy (non-hydrogen) atoms. The van der Waals surface area contributed by atoms with Gasteiger partial charge in [-0.25, -0.2) is 0 Å². The van der Waals surface area contributed by atoms with Gasteiger partial charge in [0, 0.05) is 10.2 Å². The Morgan fingerprint density at radius 2 is 1.89 bits per heavy atom. The van der Waals surface area contributed by atoms with Crippen molar-refractivity contribution in [3.63, 3.8) is 0 Å². The molecule has 0 heterocycles. The van der Waals surface area contributed by atoms with Crippen molar-refractivity contribution < 1.29 is 0 Å². The van der Waals surface area contributed by atoms with Crippen LogP contribution in [-0.2, 0) is 0 Å². The van der Waals surface area contributed by atoms with Crippen LogP contribution in [0, 0.1) is 0 Å². The zero-order chi connectivity index (χ0) is 13.8. The monoisotopic (exact) mass is 357 g/mol. The maximum atomic E-state index is 6.03. The largest absolute Gasteiger partial charge is 0.378 e. The Balaban J connectivity index is 2.21. The molecule has 0 amide bonds. The molecule has 0 aliphatic heterocycles. The number of rotatable bonds is 4. The third kappa shape index (κ3) is 3.88. The quantitative estimate of drug-likeness (QED) is 0.674. The molecule has 2 aromatic carbocycles. The van der Waals surface area contributed by atoms with Gasteiger partial charge in [-0.2, -0.15) is 0 Å². The number of hydrogen-bond acceptors (Lipinski definition) is 1. The van der Waals surface area contributed by atoms with E-state index in [0.29, 0.717) is 10.0 Å². The Hall–Kier alpha value is -0.700. The summed E-state index contributed by atoms with van der Waals surface area (Å²) in [5, 5.41) is 4.61. The van der Waals surface area contributed by atoms with Crippen molar-refractivity contribution in [2.75, 3.05) is 5.32 Å². The van der Waals surface area contributed by atoms with Crippen LogP contribution in [0.2, 0.25) is 10.0 Å². The Morgan fingerprint density at radius 1 is 1.11 bits per heavy atom. The lowest BCUT2D eigenvalue weighted by Crippen LogP contribution is -2.09. The molecule has 0 aromatic heterocycles. The first kappa shape index (κ1) is 14.7. The minimum Gasteiger partial charge on any atom is -0.378 e. The Labute approximate surface area is 132 Å². The molecular weight excluding hydrogens is 345 g/mol. The summed E-state index contributed by atoms with van der Waals surface area (Å²) in [5.74, 6) is 0. The molecule has 0 spiro atoms. The van der Waals surface area contributed by atoms with E-state index in [1.54, 1.807) is 6.07 Å².